The SMILES string of the molecule is NC(=O)c1nccn1-c1cccc(S(N)(=O)=O)c1. The fourth-order valence-electron chi connectivity index (χ4n) is 1.50. The van der Waals surface area contributed by atoms with Crippen molar-refractivity contribution in [2.45, 2.75) is 4.90 Å². The summed E-state index contributed by atoms with van der Waals surface area (Å²) in [7, 11) is -3.80. The van der Waals surface area contributed by atoms with Crippen molar-refractivity contribution in [2.24, 2.45) is 10.9 Å². The van der Waals surface area contributed by atoms with Gasteiger partial charge in [-0.05, 0) is 18.2 Å². The van der Waals surface area contributed by atoms with Crippen LogP contribution in [0.3, 0.4) is 0 Å². The summed E-state index contributed by atoms with van der Waals surface area (Å²) in [5.41, 5.74) is 5.59. The molecule has 0 atom stereocenters. The number of imidazole rings is 1. The van der Waals surface area contributed by atoms with E-state index in [0.29, 0.717) is 5.69 Å². The first-order valence-electron chi connectivity index (χ1n) is 4.86. The number of nitrogens with two attached hydrogens (primary N) is 2. The first kappa shape index (κ1) is 12.3. The monoisotopic (exact) mass is 266 g/mol. The molecule has 0 bridgehead atoms. The first-order valence-corrected chi connectivity index (χ1v) is 6.40. The number of primary sulfonamides is 1. The van der Waals surface area contributed by atoms with Crippen LogP contribution in [0.2, 0.25) is 0 Å². The Morgan fingerprint density at radius 1 is 1.33 bits per heavy atom. The second-order valence-electron chi connectivity index (χ2n) is 3.53. The molecule has 1 aromatic carbocycles. The van der Waals surface area contributed by atoms with Crippen LogP contribution in [0.15, 0.2) is 41.6 Å². The number of amides is 1. The highest BCUT2D eigenvalue weighted by Gasteiger charge is 2.13. The number of hydrogen-bond acceptors (Lipinski definition) is 4. The maximum absolute atomic E-state index is 11.2. The van der Waals surface area contributed by atoms with E-state index in [1.54, 1.807) is 6.07 Å². The standard InChI is InChI=1S/C10H10N4O3S/c11-9(15)10-13-4-5-14(10)7-2-1-3-8(6-7)18(12,16)17/h1-6H,(H2,11,15)(H2,12,16,17). The number of benzene rings is 1. The molecule has 4 N–H and O–H groups in total. The normalized spacial score (nSPS) is 11.4. The van der Waals surface area contributed by atoms with Crippen LogP contribution >= 0.6 is 0 Å². The lowest BCUT2D eigenvalue weighted by atomic mass is 10.3. The van der Waals surface area contributed by atoms with E-state index in [4.69, 9.17) is 10.9 Å². The lowest BCUT2D eigenvalue weighted by molar-refractivity contribution is 0.0989. The Morgan fingerprint density at radius 3 is 2.67 bits per heavy atom. The Balaban J connectivity index is 2.59. The molecule has 2 rings (SSSR count). The summed E-state index contributed by atoms with van der Waals surface area (Å²) in [4.78, 5) is 14.9. The predicted octanol–water partition coefficient (Wildman–Crippen LogP) is -0.381. The van der Waals surface area contributed by atoms with Crippen molar-refractivity contribution in [2.75, 3.05) is 0 Å². The van der Waals surface area contributed by atoms with Gasteiger partial charge in [-0.1, -0.05) is 6.07 Å². The molecule has 0 aliphatic rings. The Labute approximate surface area is 103 Å². The van der Waals surface area contributed by atoms with Crippen LogP contribution in [-0.2, 0) is 10.0 Å². The molecule has 94 valence electrons. The molecule has 7 nitrogen and oxygen atoms in total. The van der Waals surface area contributed by atoms with Gasteiger partial charge in [-0.3, -0.25) is 9.36 Å². The average Bonchev–Trinajstić information content (AvgIpc) is 2.77. The molecular formula is C10H10N4O3S. The van der Waals surface area contributed by atoms with Crippen LogP contribution < -0.4 is 10.9 Å². The maximum atomic E-state index is 11.2. The lowest BCUT2D eigenvalue weighted by Crippen LogP contribution is -2.17. The minimum Gasteiger partial charge on any atom is -0.363 e. The molecule has 1 amide bonds. The van der Waals surface area contributed by atoms with Crippen molar-refractivity contribution < 1.29 is 13.2 Å². The first-order chi connectivity index (χ1) is 8.39. The van der Waals surface area contributed by atoms with Crippen LogP contribution in [0, 0.1) is 0 Å². The molecular weight excluding hydrogens is 256 g/mol. The van der Waals surface area contributed by atoms with E-state index < -0.39 is 15.9 Å². The third-order valence-corrected chi connectivity index (χ3v) is 3.20. The number of aromatic nitrogens is 2. The molecule has 0 unspecified atom stereocenters. The average molecular weight is 266 g/mol. The highest BCUT2D eigenvalue weighted by Crippen LogP contribution is 2.15. The van der Waals surface area contributed by atoms with E-state index in [0.717, 1.165) is 0 Å². The Hall–Kier alpha value is -2.19. The number of rotatable bonds is 3. The summed E-state index contributed by atoms with van der Waals surface area (Å²) in [5, 5.41) is 5.03. The van der Waals surface area contributed by atoms with Gasteiger partial charge < -0.3 is 5.73 Å². The second-order valence-corrected chi connectivity index (χ2v) is 5.09. The molecule has 0 saturated heterocycles. The summed E-state index contributed by atoms with van der Waals surface area (Å²) in [5.74, 6) is -0.692. The fourth-order valence-corrected chi connectivity index (χ4v) is 2.06. The van der Waals surface area contributed by atoms with Crippen molar-refractivity contribution in [1.82, 2.24) is 9.55 Å². The van der Waals surface area contributed by atoms with Crippen molar-refractivity contribution in [3.8, 4) is 5.69 Å². The van der Waals surface area contributed by atoms with Gasteiger partial charge in [0.25, 0.3) is 5.91 Å². The van der Waals surface area contributed by atoms with Crippen molar-refractivity contribution in [3.05, 3.63) is 42.5 Å². The van der Waals surface area contributed by atoms with E-state index in [-0.39, 0.29) is 10.7 Å². The van der Waals surface area contributed by atoms with Crippen molar-refractivity contribution in [1.29, 1.82) is 0 Å². The van der Waals surface area contributed by atoms with Crippen LogP contribution in [-0.4, -0.2) is 23.9 Å². The fraction of sp³-hybridized carbons (Fsp3) is 0. The summed E-state index contributed by atoms with van der Waals surface area (Å²) < 4.78 is 23.9. The van der Waals surface area contributed by atoms with Gasteiger partial charge in [0, 0.05) is 18.1 Å². The minimum atomic E-state index is -3.80. The maximum Gasteiger partial charge on any atom is 0.285 e. The second kappa shape index (κ2) is 4.24. The van der Waals surface area contributed by atoms with E-state index in [1.165, 1.54) is 35.2 Å². The number of sulfonamides is 1. The van der Waals surface area contributed by atoms with Gasteiger partial charge in [-0.2, -0.15) is 0 Å². The highest BCUT2D eigenvalue weighted by molar-refractivity contribution is 7.89. The quantitative estimate of drug-likeness (QED) is 0.786. The lowest BCUT2D eigenvalue weighted by Gasteiger charge is -2.06. The van der Waals surface area contributed by atoms with Crippen molar-refractivity contribution >= 4 is 15.9 Å². The Morgan fingerprint density at radius 2 is 2.06 bits per heavy atom. The predicted molar refractivity (Wildman–Crippen MR) is 63.5 cm³/mol. The number of carbonyl (C=O) groups excluding carboxylic acids is 1. The molecule has 8 heteroatoms. The van der Waals surface area contributed by atoms with E-state index >= 15 is 0 Å². The van der Waals surface area contributed by atoms with Gasteiger partial charge >= 0.3 is 0 Å². The minimum absolute atomic E-state index is 0.0153. The third-order valence-electron chi connectivity index (χ3n) is 2.29. The van der Waals surface area contributed by atoms with Gasteiger partial charge in [-0.15, -0.1) is 0 Å². The number of hydrogen-bond donors (Lipinski definition) is 2. The molecule has 1 aromatic heterocycles. The summed E-state index contributed by atoms with van der Waals surface area (Å²) in [6.07, 6.45) is 2.89. The zero-order chi connectivity index (χ0) is 13.3. The van der Waals surface area contributed by atoms with Crippen molar-refractivity contribution in [3.63, 3.8) is 0 Å². The van der Waals surface area contributed by atoms with Crippen LogP contribution in [0.1, 0.15) is 10.6 Å². The number of nitrogens with zero attached hydrogens (tertiary/aromatic N) is 2. The number of carbonyl (C=O) groups is 1. The molecule has 0 saturated carbocycles. The molecule has 0 aliphatic carbocycles. The summed E-state index contributed by atoms with van der Waals surface area (Å²) >= 11 is 0. The van der Waals surface area contributed by atoms with Crippen LogP contribution in [0.5, 0.6) is 0 Å². The summed E-state index contributed by atoms with van der Waals surface area (Å²) in [6, 6.07) is 5.83. The molecule has 0 spiro atoms. The Bertz CT molecular complexity index is 705. The summed E-state index contributed by atoms with van der Waals surface area (Å²) in [6.45, 7) is 0. The van der Waals surface area contributed by atoms with Crippen LogP contribution in [0.25, 0.3) is 5.69 Å². The largest absolute Gasteiger partial charge is 0.363 e. The number of primary amides is 1. The van der Waals surface area contributed by atoms with E-state index in [2.05, 4.69) is 4.98 Å². The Kier molecular flexibility index (Phi) is 2.89. The van der Waals surface area contributed by atoms with E-state index in [1.807, 2.05) is 0 Å². The smallest absolute Gasteiger partial charge is 0.285 e. The van der Waals surface area contributed by atoms with Crippen LogP contribution in [0.4, 0.5) is 0 Å². The zero-order valence-electron chi connectivity index (χ0n) is 9.15. The third kappa shape index (κ3) is 2.24. The molecule has 0 aliphatic heterocycles. The molecule has 18 heavy (non-hydrogen) atoms. The molecule has 2 aromatic rings. The van der Waals surface area contributed by atoms with Gasteiger partial charge in [-0.25, -0.2) is 18.5 Å². The van der Waals surface area contributed by atoms with Gasteiger partial charge in [0.2, 0.25) is 15.8 Å². The molecule has 0 radical (unpaired) electrons. The molecule has 1 heterocycles. The zero-order valence-corrected chi connectivity index (χ0v) is 9.96. The molecule has 0 fully saturated rings. The topological polar surface area (TPSA) is 121 Å². The van der Waals surface area contributed by atoms with Gasteiger partial charge in [0.05, 0.1) is 4.90 Å². The van der Waals surface area contributed by atoms with E-state index in [9.17, 15) is 13.2 Å². The highest BCUT2D eigenvalue weighted by atomic mass is 32.2. The van der Waals surface area contributed by atoms with Gasteiger partial charge in [0.1, 0.15) is 0 Å². The van der Waals surface area contributed by atoms with Gasteiger partial charge in [0.15, 0.2) is 0 Å².